The van der Waals surface area contributed by atoms with E-state index in [4.69, 9.17) is 6.57 Å². The number of alkyl halides is 1. The van der Waals surface area contributed by atoms with E-state index in [-0.39, 0.29) is 35.6 Å². The van der Waals surface area contributed by atoms with Crippen LogP contribution in [0.1, 0.15) is 52.9 Å². The Kier molecular flexibility index (Phi) is 6.03. The van der Waals surface area contributed by atoms with Gasteiger partial charge in [-0.25, -0.2) is 24.1 Å². The lowest BCUT2D eigenvalue weighted by Gasteiger charge is -2.42. The van der Waals surface area contributed by atoms with E-state index in [1.165, 1.54) is 4.90 Å². The van der Waals surface area contributed by atoms with Crippen LogP contribution in [0.3, 0.4) is 0 Å². The van der Waals surface area contributed by atoms with Crippen LogP contribution in [-0.4, -0.2) is 50.9 Å². The monoisotopic (exact) mass is 387 g/mol. The molecular formula is C18H30FN3O3S. The van der Waals surface area contributed by atoms with Crippen molar-refractivity contribution in [3.8, 4) is 0 Å². The number of halogens is 1. The van der Waals surface area contributed by atoms with Gasteiger partial charge in [-0.05, 0) is 36.0 Å². The fourth-order valence-electron chi connectivity index (χ4n) is 4.41. The van der Waals surface area contributed by atoms with E-state index < -0.39 is 22.4 Å². The third-order valence-electron chi connectivity index (χ3n) is 6.79. The van der Waals surface area contributed by atoms with Crippen molar-refractivity contribution in [3.63, 3.8) is 0 Å². The van der Waals surface area contributed by atoms with Crippen molar-refractivity contribution >= 4 is 15.9 Å². The molecule has 0 aromatic heterocycles. The highest BCUT2D eigenvalue weighted by atomic mass is 32.2. The van der Waals surface area contributed by atoms with Crippen LogP contribution < -0.4 is 4.72 Å². The summed E-state index contributed by atoms with van der Waals surface area (Å²) in [4.78, 5) is 17.3. The molecule has 1 N–H and O–H groups in total. The van der Waals surface area contributed by atoms with Gasteiger partial charge in [-0.1, -0.05) is 20.8 Å². The van der Waals surface area contributed by atoms with Gasteiger partial charge < -0.3 is 0 Å². The second kappa shape index (κ2) is 7.43. The van der Waals surface area contributed by atoms with E-state index in [9.17, 15) is 17.6 Å². The molecule has 1 saturated heterocycles. The first-order valence-electron chi connectivity index (χ1n) is 9.14. The Hall–Kier alpha value is -1.20. The summed E-state index contributed by atoms with van der Waals surface area (Å²) in [5.74, 6) is 0.0520. The van der Waals surface area contributed by atoms with Crippen LogP contribution >= 0.6 is 0 Å². The highest BCUT2D eigenvalue weighted by molar-refractivity contribution is 7.88. The standard InChI is InChI=1S/C18H30FN3O3S/c1-17(2)13(11-21-26(5,24)25)6-8-18(17,3)9-7-16(23)22-12-14(19)10-15(22)20-4/h13-15,21H,6-12H2,1-3,5H3/t13-,14+,15+,18+/m1/s1. The number of hydrogen-bond donors (Lipinski definition) is 1. The Balaban J connectivity index is 1.98. The Morgan fingerprint density at radius 3 is 2.62 bits per heavy atom. The molecule has 4 atom stereocenters. The van der Waals surface area contributed by atoms with Gasteiger partial charge in [0.1, 0.15) is 6.17 Å². The number of carbonyl (C=O) groups excluding carboxylic acids is 1. The number of nitrogens with zero attached hydrogens (tertiary/aromatic N) is 2. The number of hydrogen-bond acceptors (Lipinski definition) is 3. The second-order valence-corrected chi connectivity index (χ2v) is 10.5. The van der Waals surface area contributed by atoms with Gasteiger partial charge in [0.05, 0.1) is 19.2 Å². The quantitative estimate of drug-likeness (QED) is 0.712. The number of sulfonamides is 1. The summed E-state index contributed by atoms with van der Waals surface area (Å²) in [5.41, 5.74) is -0.229. The molecule has 0 aromatic rings. The summed E-state index contributed by atoms with van der Waals surface area (Å²) in [6, 6.07) is 0. The average molecular weight is 388 g/mol. The molecule has 0 aromatic carbocycles. The van der Waals surface area contributed by atoms with Gasteiger partial charge in [0.2, 0.25) is 15.9 Å². The molecule has 0 bridgehead atoms. The van der Waals surface area contributed by atoms with Gasteiger partial charge in [-0.15, -0.1) is 0 Å². The fraction of sp³-hybridized carbons (Fsp3) is 0.889. The summed E-state index contributed by atoms with van der Waals surface area (Å²) in [6.07, 6.45) is 2.27. The number of carbonyl (C=O) groups is 1. The summed E-state index contributed by atoms with van der Waals surface area (Å²) in [6.45, 7) is 14.0. The summed E-state index contributed by atoms with van der Waals surface area (Å²) < 4.78 is 38.9. The molecule has 8 heteroatoms. The summed E-state index contributed by atoms with van der Waals surface area (Å²) >= 11 is 0. The molecule has 1 heterocycles. The molecule has 2 rings (SSSR count). The van der Waals surface area contributed by atoms with Crippen LogP contribution in [-0.2, 0) is 14.8 Å². The van der Waals surface area contributed by atoms with Crippen LogP contribution in [0.2, 0.25) is 0 Å². The SMILES string of the molecule is [C-]#[N+][C@@H]1C[C@H](F)CN1C(=O)CC[C@]1(C)CC[C@H](CNS(C)(=O)=O)C1(C)C. The molecular weight excluding hydrogens is 357 g/mol. The van der Waals surface area contributed by atoms with E-state index in [0.717, 1.165) is 19.1 Å². The average Bonchev–Trinajstić information content (AvgIpc) is 3.01. The highest BCUT2D eigenvalue weighted by Gasteiger charge is 2.51. The minimum atomic E-state index is -3.22. The van der Waals surface area contributed by atoms with Crippen LogP contribution in [0.15, 0.2) is 0 Å². The molecule has 2 aliphatic rings. The summed E-state index contributed by atoms with van der Waals surface area (Å²) in [7, 11) is -3.22. The van der Waals surface area contributed by atoms with Gasteiger partial charge in [-0.3, -0.25) is 14.5 Å². The maximum atomic E-state index is 13.5. The zero-order valence-electron chi connectivity index (χ0n) is 16.1. The molecule has 0 unspecified atom stereocenters. The first kappa shape index (κ1) is 21.1. The van der Waals surface area contributed by atoms with Crippen molar-refractivity contribution in [2.24, 2.45) is 16.7 Å². The fourth-order valence-corrected chi connectivity index (χ4v) is 4.91. The summed E-state index contributed by atoms with van der Waals surface area (Å²) in [5, 5.41) is 0. The second-order valence-electron chi connectivity index (χ2n) is 8.63. The van der Waals surface area contributed by atoms with Gasteiger partial charge in [0.25, 0.3) is 0 Å². The number of amides is 1. The smallest absolute Gasteiger partial charge is 0.289 e. The molecule has 1 amide bonds. The lowest BCUT2D eigenvalue weighted by molar-refractivity contribution is -0.132. The minimum absolute atomic E-state index is 0.0207. The first-order chi connectivity index (χ1) is 11.9. The number of likely N-dealkylation sites (tertiary alicyclic amines) is 1. The van der Waals surface area contributed by atoms with Crippen LogP contribution in [0.4, 0.5) is 4.39 Å². The molecule has 0 spiro atoms. The van der Waals surface area contributed by atoms with Crippen molar-refractivity contribution in [2.75, 3.05) is 19.3 Å². The van der Waals surface area contributed by atoms with E-state index in [1.807, 2.05) is 0 Å². The van der Waals surface area contributed by atoms with Gasteiger partial charge in [0, 0.05) is 13.0 Å². The normalized spacial score (nSPS) is 34.0. The lowest BCUT2D eigenvalue weighted by Crippen LogP contribution is -2.41. The molecule has 26 heavy (non-hydrogen) atoms. The molecule has 2 fully saturated rings. The van der Waals surface area contributed by atoms with Crippen molar-refractivity contribution < 1.29 is 17.6 Å². The predicted octanol–water partition coefficient (Wildman–Crippen LogP) is 2.57. The maximum Gasteiger partial charge on any atom is 0.303 e. The molecule has 1 saturated carbocycles. The van der Waals surface area contributed by atoms with Crippen molar-refractivity contribution in [1.82, 2.24) is 9.62 Å². The van der Waals surface area contributed by atoms with Crippen LogP contribution in [0.25, 0.3) is 4.85 Å². The maximum absolute atomic E-state index is 13.5. The third kappa shape index (κ3) is 4.37. The van der Waals surface area contributed by atoms with E-state index in [1.54, 1.807) is 0 Å². The molecule has 1 aliphatic carbocycles. The molecule has 0 radical (unpaired) electrons. The van der Waals surface area contributed by atoms with Gasteiger partial charge in [0.15, 0.2) is 0 Å². The minimum Gasteiger partial charge on any atom is -0.289 e. The van der Waals surface area contributed by atoms with E-state index in [2.05, 4.69) is 30.3 Å². The highest BCUT2D eigenvalue weighted by Crippen LogP contribution is 2.58. The van der Waals surface area contributed by atoms with Crippen molar-refractivity contribution in [3.05, 3.63) is 11.4 Å². The van der Waals surface area contributed by atoms with Gasteiger partial charge >= 0.3 is 6.17 Å². The van der Waals surface area contributed by atoms with Gasteiger partial charge in [-0.2, -0.15) is 0 Å². The molecule has 148 valence electrons. The Labute approximate surface area is 156 Å². The van der Waals surface area contributed by atoms with E-state index >= 15 is 0 Å². The van der Waals surface area contributed by atoms with Crippen LogP contribution in [0, 0.1) is 23.3 Å². The zero-order valence-corrected chi connectivity index (χ0v) is 16.9. The Morgan fingerprint density at radius 1 is 1.38 bits per heavy atom. The predicted molar refractivity (Wildman–Crippen MR) is 98.3 cm³/mol. The zero-order chi connectivity index (χ0) is 19.8. The lowest BCUT2D eigenvalue weighted by atomic mass is 9.63. The van der Waals surface area contributed by atoms with Crippen molar-refractivity contribution in [1.29, 1.82) is 0 Å². The number of rotatable bonds is 6. The third-order valence-corrected chi connectivity index (χ3v) is 7.48. The van der Waals surface area contributed by atoms with Crippen molar-refractivity contribution in [2.45, 2.75) is 65.2 Å². The molecule has 1 aliphatic heterocycles. The largest absolute Gasteiger partial charge is 0.303 e. The van der Waals surface area contributed by atoms with E-state index in [0.29, 0.717) is 19.4 Å². The topological polar surface area (TPSA) is 70.8 Å². The molecule has 6 nitrogen and oxygen atoms in total. The van der Waals surface area contributed by atoms with Crippen LogP contribution in [0.5, 0.6) is 0 Å². The number of nitrogens with one attached hydrogen (secondary N) is 1. The Morgan fingerprint density at radius 2 is 2.04 bits per heavy atom. The first-order valence-corrected chi connectivity index (χ1v) is 11.0. The Bertz CT molecular complexity index is 688.